The zero-order valence-corrected chi connectivity index (χ0v) is 15.2. The van der Waals surface area contributed by atoms with Gasteiger partial charge in [0.2, 0.25) is 5.78 Å². The highest BCUT2D eigenvalue weighted by Crippen LogP contribution is 2.22. The molecule has 2 aliphatic heterocycles. The molecule has 1 aromatic carbocycles. The molecule has 2 fully saturated rings. The largest absolute Gasteiger partial charge is 0.497 e. The van der Waals surface area contributed by atoms with Gasteiger partial charge < -0.3 is 14.4 Å². The van der Waals surface area contributed by atoms with Gasteiger partial charge >= 0.3 is 0 Å². The summed E-state index contributed by atoms with van der Waals surface area (Å²) in [7, 11) is 1.63. The van der Waals surface area contributed by atoms with Crippen molar-refractivity contribution in [2.75, 3.05) is 46.5 Å². The van der Waals surface area contributed by atoms with Gasteiger partial charge in [-0.2, -0.15) is 0 Å². The molecule has 1 amide bonds. The van der Waals surface area contributed by atoms with Gasteiger partial charge in [0.25, 0.3) is 5.91 Å². The summed E-state index contributed by atoms with van der Waals surface area (Å²) in [5.74, 6) is 1.23. The summed E-state index contributed by atoms with van der Waals surface area (Å²) in [6.07, 6.45) is 1.86. The van der Waals surface area contributed by atoms with Crippen molar-refractivity contribution in [1.82, 2.24) is 24.2 Å². The second-order valence-corrected chi connectivity index (χ2v) is 6.96. The second kappa shape index (κ2) is 6.47. The number of likely N-dealkylation sites (tertiary alicyclic amines) is 1. The molecule has 0 unspecified atom stereocenters. The van der Waals surface area contributed by atoms with Crippen molar-refractivity contribution >= 4 is 22.7 Å². The van der Waals surface area contributed by atoms with Crippen LogP contribution in [0.25, 0.3) is 16.8 Å². The van der Waals surface area contributed by atoms with Crippen molar-refractivity contribution < 1.29 is 14.3 Å². The van der Waals surface area contributed by atoms with Gasteiger partial charge in [0.1, 0.15) is 11.4 Å². The van der Waals surface area contributed by atoms with Crippen LogP contribution in [0.3, 0.4) is 0 Å². The summed E-state index contributed by atoms with van der Waals surface area (Å²) >= 11 is 0. The van der Waals surface area contributed by atoms with Crippen LogP contribution < -0.4 is 4.74 Å². The Kier molecular flexibility index (Phi) is 3.95. The Morgan fingerprint density at radius 1 is 1.19 bits per heavy atom. The van der Waals surface area contributed by atoms with Gasteiger partial charge in [0, 0.05) is 44.5 Å². The second-order valence-electron chi connectivity index (χ2n) is 6.96. The van der Waals surface area contributed by atoms with Gasteiger partial charge in [0.15, 0.2) is 0 Å². The number of carbonyl (C=O) groups excluding carboxylic acids is 1. The minimum atomic E-state index is -0.0355. The Hall–Kier alpha value is -2.71. The number of benzene rings is 1. The van der Waals surface area contributed by atoms with Gasteiger partial charge in [-0.15, -0.1) is 0 Å². The van der Waals surface area contributed by atoms with Crippen LogP contribution in [0.4, 0.5) is 0 Å². The normalized spacial score (nSPS) is 18.8. The topological polar surface area (TPSA) is 72.2 Å². The zero-order chi connectivity index (χ0) is 18.4. The summed E-state index contributed by atoms with van der Waals surface area (Å²) in [6, 6.07) is 7.90. The maximum Gasteiger partial charge on any atom is 0.272 e. The summed E-state index contributed by atoms with van der Waals surface area (Å²) in [5.41, 5.74) is 2.17. The molecule has 8 nitrogen and oxygen atoms in total. The van der Waals surface area contributed by atoms with Crippen molar-refractivity contribution in [1.29, 1.82) is 0 Å². The Balaban J connectivity index is 1.35. The van der Waals surface area contributed by atoms with Crippen molar-refractivity contribution in [3.63, 3.8) is 0 Å². The smallest absolute Gasteiger partial charge is 0.272 e. The van der Waals surface area contributed by atoms with E-state index in [1.807, 2.05) is 33.7 Å². The predicted molar refractivity (Wildman–Crippen MR) is 99.1 cm³/mol. The van der Waals surface area contributed by atoms with Crippen molar-refractivity contribution in [3.05, 3.63) is 36.2 Å². The molecule has 0 spiro atoms. The first-order chi connectivity index (χ1) is 13.2. The fourth-order valence-electron chi connectivity index (χ4n) is 3.78. The SMILES string of the molecule is COc1ccc2c(c1)nc1nc(C(=O)N3CC(N4CCOCC4)C3)ccn12. The lowest BCUT2D eigenvalue weighted by Gasteiger charge is -2.46. The van der Waals surface area contributed by atoms with Crippen LogP contribution in [0.2, 0.25) is 0 Å². The Morgan fingerprint density at radius 2 is 2.00 bits per heavy atom. The number of rotatable bonds is 3. The van der Waals surface area contributed by atoms with E-state index in [2.05, 4.69) is 14.9 Å². The van der Waals surface area contributed by atoms with E-state index in [0.29, 0.717) is 17.5 Å². The molecule has 2 aromatic heterocycles. The molecule has 0 saturated carbocycles. The van der Waals surface area contributed by atoms with E-state index in [0.717, 1.165) is 56.2 Å². The quantitative estimate of drug-likeness (QED) is 0.689. The predicted octanol–water partition coefficient (Wildman–Crippen LogP) is 1.05. The third kappa shape index (κ3) is 2.81. The summed E-state index contributed by atoms with van der Waals surface area (Å²) < 4.78 is 12.5. The average Bonchev–Trinajstić information content (AvgIpc) is 3.04. The molecule has 0 bridgehead atoms. The molecule has 0 atom stereocenters. The number of ether oxygens (including phenoxy) is 2. The highest BCUT2D eigenvalue weighted by Gasteiger charge is 2.36. The van der Waals surface area contributed by atoms with E-state index in [1.165, 1.54) is 0 Å². The number of morpholine rings is 1. The number of methoxy groups -OCH3 is 1. The van der Waals surface area contributed by atoms with Crippen LogP contribution in [0, 0.1) is 0 Å². The summed E-state index contributed by atoms with van der Waals surface area (Å²) in [5, 5.41) is 0. The average molecular weight is 367 g/mol. The van der Waals surface area contributed by atoms with E-state index in [9.17, 15) is 4.79 Å². The van der Waals surface area contributed by atoms with Crippen LogP contribution in [-0.2, 0) is 4.74 Å². The van der Waals surface area contributed by atoms with Crippen LogP contribution in [0.15, 0.2) is 30.5 Å². The van der Waals surface area contributed by atoms with E-state index in [-0.39, 0.29) is 5.91 Å². The van der Waals surface area contributed by atoms with Gasteiger partial charge in [-0.25, -0.2) is 9.97 Å². The molecular formula is C19H21N5O3. The number of imidazole rings is 1. The third-order valence-corrected chi connectivity index (χ3v) is 5.41. The first-order valence-electron chi connectivity index (χ1n) is 9.17. The minimum Gasteiger partial charge on any atom is -0.497 e. The van der Waals surface area contributed by atoms with Crippen molar-refractivity contribution in [2.24, 2.45) is 0 Å². The molecule has 4 heterocycles. The maximum atomic E-state index is 12.8. The van der Waals surface area contributed by atoms with Crippen LogP contribution in [-0.4, -0.2) is 82.6 Å². The first-order valence-corrected chi connectivity index (χ1v) is 9.17. The Labute approximate surface area is 156 Å². The number of hydrogen-bond donors (Lipinski definition) is 0. The molecule has 0 radical (unpaired) electrons. The number of nitrogens with zero attached hydrogens (tertiary/aromatic N) is 5. The van der Waals surface area contributed by atoms with Crippen LogP contribution in [0.5, 0.6) is 5.75 Å². The monoisotopic (exact) mass is 367 g/mol. The molecule has 8 heteroatoms. The van der Waals surface area contributed by atoms with E-state index in [1.54, 1.807) is 13.2 Å². The number of hydrogen-bond acceptors (Lipinski definition) is 6. The van der Waals surface area contributed by atoms with Crippen molar-refractivity contribution in [2.45, 2.75) is 6.04 Å². The fourth-order valence-corrected chi connectivity index (χ4v) is 3.78. The molecule has 27 heavy (non-hydrogen) atoms. The fraction of sp³-hybridized carbons (Fsp3) is 0.421. The van der Waals surface area contributed by atoms with Gasteiger partial charge in [-0.3, -0.25) is 14.1 Å². The minimum absolute atomic E-state index is 0.0355. The Morgan fingerprint density at radius 3 is 2.78 bits per heavy atom. The molecule has 5 rings (SSSR count). The lowest BCUT2D eigenvalue weighted by Crippen LogP contribution is -2.62. The zero-order valence-electron chi connectivity index (χ0n) is 15.2. The summed E-state index contributed by atoms with van der Waals surface area (Å²) in [4.78, 5) is 26.1. The Bertz CT molecular complexity index is 1010. The van der Waals surface area contributed by atoms with Crippen molar-refractivity contribution in [3.8, 4) is 5.75 Å². The van der Waals surface area contributed by atoms with Gasteiger partial charge in [-0.1, -0.05) is 0 Å². The number of amides is 1. The number of carbonyl (C=O) groups is 1. The van der Waals surface area contributed by atoms with Gasteiger partial charge in [0.05, 0.1) is 31.4 Å². The molecular weight excluding hydrogens is 346 g/mol. The molecule has 140 valence electrons. The maximum absolute atomic E-state index is 12.8. The van der Waals surface area contributed by atoms with E-state index in [4.69, 9.17) is 9.47 Å². The highest BCUT2D eigenvalue weighted by molar-refractivity contribution is 5.93. The van der Waals surface area contributed by atoms with Crippen LogP contribution in [0.1, 0.15) is 10.5 Å². The highest BCUT2D eigenvalue weighted by atomic mass is 16.5. The van der Waals surface area contributed by atoms with E-state index < -0.39 is 0 Å². The van der Waals surface area contributed by atoms with Crippen LogP contribution >= 0.6 is 0 Å². The molecule has 2 saturated heterocycles. The molecule has 3 aromatic rings. The van der Waals surface area contributed by atoms with E-state index >= 15 is 0 Å². The number of aromatic nitrogens is 3. The lowest BCUT2D eigenvalue weighted by atomic mass is 10.1. The first kappa shape index (κ1) is 16.5. The third-order valence-electron chi connectivity index (χ3n) is 5.41. The lowest BCUT2D eigenvalue weighted by molar-refractivity contribution is -0.0257. The standard InChI is InChI=1S/C19H21N5O3/c1-26-14-2-3-17-16(10-14)21-19-20-15(4-5-24(17)19)18(25)23-11-13(12-23)22-6-8-27-9-7-22/h2-5,10,13H,6-9,11-12H2,1H3. The molecule has 0 N–H and O–H groups in total. The number of fused-ring (bicyclic) bond motifs is 3. The summed E-state index contributed by atoms with van der Waals surface area (Å²) in [6.45, 7) is 4.95. The van der Waals surface area contributed by atoms with Gasteiger partial charge in [-0.05, 0) is 18.2 Å². The molecule has 0 aliphatic carbocycles. The molecule has 2 aliphatic rings.